The van der Waals surface area contributed by atoms with E-state index in [-0.39, 0.29) is 12.3 Å². The first-order valence-corrected chi connectivity index (χ1v) is 10.6. The number of benzene rings is 2. The van der Waals surface area contributed by atoms with Gasteiger partial charge in [-0.2, -0.15) is 4.98 Å². The van der Waals surface area contributed by atoms with E-state index in [2.05, 4.69) is 20.4 Å². The molecule has 4 aromatic rings. The first-order valence-electron chi connectivity index (χ1n) is 9.87. The third-order valence-corrected chi connectivity index (χ3v) is 5.72. The third-order valence-electron chi connectivity index (χ3n) is 5.12. The average molecular weight is 454 g/mol. The molecule has 0 unspecified atom stereocenters. The first kappa shape index (κ1) is 21.3. The Kier molecular flexibility index (Phi) is 6.20. The highest BCUT2D eigenvalue weighted by Crippen LogP contribution is 2.20. The summed E-state index contributed by atoms with van der Waals surface area (Å²) < 4.78 is 1.70. The summed E-state index contributed by atoms with van der Waals surface area (Å²) in [5.41, 5.74) is 4.84. The van der Waals surface area contributed by atoms with Crippen LogP contribution in [0.25, 0.3) is 5.78 Å². The summed E-state index contributed by atoms with van der Waals surface area (Å²) in [6, 6.07) is 15.2. The molecule has 0 fully saturated rings. The van der Waals surface area contributed by atoms with Crippen molar-refractivity contribution in [2.24, 2.45) is 0 Å². The first-order chi connectivity index (χ1) is 14.9. The molecule has 8 heteroatoms. The molecule has 0 aliphatic heterocycles. The van der Waals surface area contributed by atoms with Crippen molar-refractivity contribution in [2.45, 2.75) is 33.2 Å². The fourth-order valence-electron chi connectivity index (χ4n) is 3.47. The van der Waals surface area contributed by atoms with Crippen LogP contribution in [0.3, 0.4) is 0 Å². The second-order valence-electron chi connectivity index (χ2n) is 7.35. The molecule has 0 spiro atoms. The van der Waals surface area contributed by atoms with E-state index in [4.69, 9.17) is 23.2 Å². The zero-order chi connectivity index (χ0) is 22.0. The molecule has 0 aliphatic rings. The number of rotatable bonds is 6. The lowest BCUT2D eigenvalue weighted by atomic mass is 10.0. The van der Waals surface area contributed by atoms with Crippen molar-refractivity contribution in [3.05, 3.63) is 92.5 Å². The summed E-state index contributed by atoms with van der Waals surface area (Å²) in [5, 5.41) is 8.70. The molecule has 4 rings (SSSR count). The Morgan fingerprint density at radius 3 is 2.65 bits per heavy atom. The number of fused-ring (bicyclic) bond motifs is 1. The van der Waals surface area contributed by atoms with Crippen LogP contribution in [0.5, 0.6) is 0 Å². The van der Waals surface area contributed by atoms with Gasteiger partial charge in [0.15, 0.2) is 5.82 Å². The largest absolute Gasteiger partial charge is 0.352 e. The highest BCUT2D eigenvalue weighted by molar-refractivity contribution is 6.31. The molecule has 158 valence electrons. The van der Waals surface area contributed by atoms with Gasteiger partial charge in [0.2, 0.25) is 5.91 Å². The number of nitrogens with zero attached hydrogens (tertiary/aromatic N) is 4. The Bertz CT molecular complexity index is 1270. The van der Waals surface area contributed by atoms with Crippen LogP contribution in [0.4, 0.5) is 0 Å². The van der Waals surface area contributed by atoms with Crippen molar-refractivity contribution in [1.29, 1.82) is 0 Å². The van der Waals surface area contributed by atoms with Gasteiger partial charge in [-0.3, -0.25) is 4.79 Å². The predicted molar refractivity (Wildman–Crippen MR) is 122 cm³/mol. The van der Waals surface area contributed by atoms with Crippen LogP contribution in [0.15, 0.2) is 48.5 Å². The minimum atomic E-state index is -0.177. The molecule has 0 aliphatic carbocycles. The molecule has 0 saturated carbocycles. The predicted octanol–water partition coefficient (Wildman–Crippen LogP) is 4.50. The fourth-order valence-corrected chi connectivity index (χ4v) is 3.89. The summed E-state index contributed by atoms with van der Waals surface area (Å²) in [6.07, 6.45) is 0.755. The van der Waals surface area contributed by atoms with Gasteiger partial charge in [0.1, 0.15) is 0 Å². The van der Waals surface area contributed by atoms with E-state index in [1.165, 1.54) is 0 Å². The number of carbonyl (C=O) groups excluding carboxylic acids is 1. The maximum atomic E-state index is 12.4. The number of aromatic nitrogens is 4. The molecule has 0 atom stereocenters. The fraction of sp³-hybridized carbons (Fsp3) is 0.217. The Hall–Kier alpha value is -2.96. The normalized spacial score (nSPS) is 11.1. The van der Waals surface area contributed by atoms with Crippen molar-refractivity contribution < 1.29 is 4.79 Å². The minimum Gasteiger partial charge on any atom is -0.352 e. The van der Waals surface area contributed by atoms with Crippen LogP contribution < -0.4 is 5.32 Å². The maximum absolute atomic E-state index is 12.4. The standard InChI is InChI=1S/C23H21Cl2N5O/c1-14-19(11-16-6-5-8-18(24)10-16)15(2)30-23(27-14)28-21(29-30)12-22(31)26-13-17-7-3-4-9-20(17)25/h3-10H,11-13H2,1-2H3,(H,26,31). The molecule has 1 N–H and O–H groups in total. The third kappa shape index (κ3) is 4.86. The Labute approximate surface area is 190 Å². The second kappa shape index (κ2) is 9.04. The molecule has 2 aromatic heterocycles. The number of nitrogens with one attached hydrogen (secondary N) is 1. The highest BCUT2D eigenvalue weighted by atomic mass is 35.5. The lowest BCUT2D eigenvalue weighted by molar-refractivity contribution is -0.120. The zero-order valence-corrected chi connectivity index (χ0v) is 18.7. The van der Waals surface area contributed by atoms with Gasteiger partial charge in [-0.15, -0.1) is 5.10 Å². The van der Waals surface area contributed by atoms with Crippen LogP contribution >= 0.6 is 23.2 Å². The summed E-state index contributed by atoms with van der Waals surface area (Å²) >= 11 is 12.3. The van der Waals surface area contributed by atoms with E-state index in [1.54, 1.807) is 10.6 Å². The van der Waals surface area contributed by atoms with Crippen LogP contribution in [-0.4, -0.2) is 25.5 Å². The van der Waals surface area contributed by atoms with Gasteiger partial charge >= 0.3 is 0 Å². The van der Waals surface area contributed by atoms with E-state index in [0.717, 1.165) is 28.1 Å². The Balaban J connectivity index is 1.52. The lowest BCUT2D eigenvalue weighted by Gasteiger charge is -2.10. The second-order valence-corrected chi connectivity index (χ2v) is 8.20. The molecule has 1 amide bonds. The SMILES string of the molecule is Cc1nc2nc(CC(=O)NCc3ccccc3Cl)nn2c(C)c1Cc1cccc(Cl)c1. The molecular weight excluding hydrogens is 433 g/mol. The van der Waals surface area contributed by atoms with Crippen molar-refractivity contribution in [3.63, 3.8) is 0 Å². The van der Waals surface area contributed by atoms with Gasteiger partial charge in [0, 0.05) is 34.4 Å². The minimum absolute atomic E-state index is 0.0654. The van der Waals surface area contributed by atoms with Gasteiger partial charge in [0.05, 0.1) is 6.42 Å². The zero-order valence-electron chi connectivity index (χ0n) is 17.2. The van der Waals surface area contributed by atoms with Crippen LogP contribution in [0.2, 0.25) is 10.0 Å². The topological polar surface area (TPSA) is 72.2 Å². The smallest absolute Gasteiger partial charge is 0.252 e. The van der Waals surface area contributed by atoms with E-state index in [1.807, 2.05) is 56.3 Å². The Morgan fingerprint density at radius 1 is 1.06 bits per heavy atom. The number of amides is 1. The van der Waals surface area contributed by atoms with Crippen LogP contribution in [0, 0.1) is 13.8 Å². The van der Waals surface area contributed by atoms with Gasteiger partial charge < -0.3 is 5.32 Å². The molecular formula is C23H21Cl2N5O. The van der Waals surface area contributed by atoms with Crippen molar-refractivity contribution in [3.8, 4) is 0 Å². The number of hydrogen-bond acceptors (Lipinski definition) is 4. The van der Waals surface area contributed by atoms with Gasteiger partial charge in [-0.25, -0.2) is 9.50 Å². The molecule has 2 heterocycles. The van der Waals surface area contributed by atoms with Crippen molar-refractivity contribution >= 4 is 34.9 Å². The van der Waals surface area contributed by atoms with Crippen molar-refractivity contribution in [1.82, 2.24) is 24.9 Å². The average Bonchev–Trinajstić information content (AvgIpc) is 3.13. The molecule has 2 aromatic carbocycles. The Morgan fingerprint density at radius 2 is 1.87 bits per heavy atom. The van der Waals surface area contributed by atoms with E-state index in [0.29, 0.717) is 34.6 Å². The summed E-state index contributed by atoms with van der Waals surface area (Å²) in [7, 11) is 0. The van der Waals surface area contributed by atoms with E-state index < -0.39 is 0 Å². The molecule has 0 radical (unpaired) electrons. The summed E-state index contributed by atoms with van der Waals surface area (Å²) in [4.78, 5) is 21.4. The highest BCUT2D eigenvalue weighted by Gasteiger charge is 2.16. The van der Waals surface area contributed by atoms with Crippen LogP contribution in [-0.2, 0) is 24.2 Å². The van der Waals surface area contributed by atoms with Gasteiger partial charge in [-0.1, -0.05) is 53.5 Å². The molecule has 0 bridgehead atoms. The van der Waals surface area contributed by atoms with Gasteiger partial charge in [-0.05, 0) is 48.7 Å². The van der Waals surface area contributed by atoms with Gasteiger partial charge in [0.25, 0.3) is 5.78 Å². The summed E-state index contributed by atoms with van der Waals surface area (Å²) in [5.74, 6) is 0.731. The number of aryl methyl sites for hydroxylation is 2. The molecule has 6 nitrogen and oxygen atoms in total. The molecule has 0 saturated heterocycles. The van der Waals surface area contributed by atoms with Crippen LogP contribution in [0.1, 0.15) is 33.9 Å². The maximum Gasteiger partial charge on any atom is 0.252 e. The lowest BCUT2D eigenvalue weighted by Crippen LogP contribution is -2.25. The number of hydrogen-bond donors (Lipinski definition) is 1. The quantitative estimate of drug-likeness (QED) is 0.466. The molecule has 31 heavy (non-hydrogen) atoms. The summed E-state index contributed by atoms with van der Waals surface area (Å²) in [6.45, 7) is 4.29. The number of carbonyl (C=O) groups is 1. The number of halogens is 2. The van der Waals surface area contributed by atoms with Crippen molar-refractivity contribution in [2.75, 3.05) is 0 Å². The monoisotopic (exact) mass is 453 g/mol. The van der Waals surface area contributed by atoms with E-state index in [9.17, 15) is 4.79 Å². The van der Waals surface area contributed by atoms with E-state index >= 15 is 0 Å².